The Hall–Kier alpha value is -2.31. The van der Waals surface area contributed by atoms with Crippen LogP contribution >= 0.6 is 0 Å². The van der Waals surface area contributed by atoms with E-state index in [1.54, 1.807) is 19.2 Å². The highest BCUT2D eigenvalue weighted by Crippen LogP contribution is 2.15. The van der Waals surface area contributed by atoms with Crippen LogP contribution in [0.1, 0.15) is 28.0 Å². The number of nitrogens with zero attached hydrogens (tertiary/aromatic N) is 4. The molecule has 1 unspecified atom stereocenters. The predicted molar refractivity (Wildman–Crippen MR) is 90.5 cm³/mol. The summed E-state index contributed by atoms with van der Waals surface area (Å²) >= 11 is 0. The van der Waals surface area contributed by atoms with Crippen LogP contribution < -0.4 is 0 Å². The number of aryl methyl sites for hydroxylation is 1. The van der Waals surface area contributed by atoms with Gasteiger partial charge < -0.3 is 10.0 Å². The first kappa shape index (κ1) is 16.5. The molecule has 0 saturated carbocycles. The summed E-state index contributed by atoms with van der Waals surface area (Å²) in [5.74, 6) is 0.550. The van der Waals surface area contributed by atoms with Crippen LogP contribution in [0.3, 0.4) is 0 Å². The third kappa shape index (κ3) is 3.96. The van der Waals surface area contributed by atoms with Gasteiger partial charge in [-0.2, -0.15) is 0 Å². The molecule has 0 aliphatic carbocycles. The molecule has 1 N–H and O–H groups in total. The number of rotatable bonds is 4. The summed E-state index contributed by atoms with van der Waals surface area (Å²) < 4.78 is 0. The molecule has 24 heavy (non-hydrogen) atoms. The minimum absolute atomic E-state index is 0.0521. The van der Waals surface area contributed by atoms with E-state index in [-0.39, 0.29) is 5.91 Å². The maximum absolute atomic E-state index is 12.5. The van der Waals surface area contributed by atoms with Crippen molar-refractivity contribution in [2.24, 2.45) is 0 Å². The highest BCUT2D eigenvalue weighted by atomic mass is 16.3. The molecular weight excluding hydrogens is 304 g/mol. The Balaban J connectivity index is 1.53. The van der Waals surface area contributed by atoms with Gasteiger partial charge in [-0.25, -0.2) is 9.97 Å². The van der Waals surface area contributed by atoms with Crippen molar-refractivity contribution in [1.82, 2.24) is 19.8 Å². The van der Waals surface area contributed by atoms with Gasteiger partial charge in [0.25, 0.3) is 5.91 Å². The standard InChI is InChI=1S/C18H22N4O2/c1-14-19-8-7-16(20-14)18(24)22-11-9-21(10-12-22)13-17(23)15-5-3-2-4-6-15/h2-8,17,23H,9-13H2,1H3. The molecule has 1 atom stereocenters. The highest BCUT2D eigenvalue weighted by Gasteiger charge is 2.24. The first-order valence-corrected chi connectivity index (χ1v) is 8.18. The number of β-amino-alcohol motifs (C(OH)–C–C–N with tert-alkyl or cyclic N) is 1. The largest absolute Gasteiger partial charge is 0.387 e. The van der Waals surface area contributed by atoms with Crippen molar-refractivity contribution < 1.29 is 9.90 Å². The van der Waals surface area contributed by atoms with E-state index < -0.39 is 6.10 Å². The summed E-state index contributed by atoms with van der Waals surface area (Å²) in [5.41, 5.74) is 1.37. The average molecular weight is 326 g/mol. The summed E-state index contributed by atoms with van der Waals surface area (Å²) in [6, 6.07) is 11.3. The van der Waals surface area contributed by atoms with Crippen molar-refractivity contribution in [3.8, 4) is 0 Å². The first-order chi connectivity index (χ1) is 11.6. The third-order valence-corrected chi connectivity index (χ3v) is 4.27. The zero-order chi connectivity index (χ0) is 16.9. The lowest BCUT2D eigenvalue weighted by Crippen LogP contribution is -2.49. The molecule has 0 spiro atoms. The second-order valence-corrected chi connectivity index (χ2v) is 6.01. The van der Waals surface area contributed by atoms with Gasteiger partial charge >= 0.3 is 0 Å². The van der Waals surface area contributed by atoms with E-state index in [1.807, 2.05) is 35.2 Å². The summed E-state index contributed by atoms with van der Waals surface area (Å²) in [5, 5.41) is 10.3. The van der Waals surface area contributed by atoms with Crippen molar-refractivity contribution in [1.29, 1.82) is 0 Å². The van der Waals surface area contributed by atoms with E-state index in [0.717, 1.165) is 18.7 Å². The number of aliphatic hydroxyl groups is 1. The molecule has 1 aliphatic heterocycles. The number of carbonyl (C=O) groups excluding carboxylic acids is 1. The fraction of sp³-hybridized carbons (Fsp3) is 0.389. The Morgan fingerprint density at radius 2 is 1.88 bits per heavy atom. The van der Waals surface area contributed by atoms with Crippen molar-refractivity contribution in [3.63, 3.8) is 0 Å². The van der Waals surface area contributed by atoms with Crippen molar-refractivity contribution >= 4 is 5.91 Å². The zero-order valence-electron chi connectivity index (χ0n) is 13.8. The van der Waals surface area contributed by atoms with Crippen LogP contribution in [0, 0.1) is 6.92 Å². The molecule has 126 valence electrons. The second-order valence-electron chi connectivity index (χ2n) is 6.01. The van der Waals surface area contributed by atoms with Gasteiger partial charge in [0.2, 0.25) is 0 Å². The van der Waals surface area contributed by atoms with Crippen LogP contribution in [0.15, 0.2) is 42.6 Å². The van der Waals surface area contributed by atoms with Crippen molar-refractivity contribution in [3.05, 3.63) is 59.7 Å². The fourth-order valence-electron chi connectivity index (χ4n) is 2.90. The molecule has 1 fully saturated rings. The minimum Gasteiger partial charge on any atom is -0.387 e. The van der Waals surface area contributed by atoms with Gasteiger partial charge in [-0.15, -0.1) is 0 Å². The zero-order valence-corrected chi connectivity index (χ0v) is 13.8. The van der Waals surface area contributed by atoms with E-state index in [4.69, 9.17) is 0 Å². The molecule has 0 radical (unpaired) electrons. The third-order valence-electron chi connectivity index (χ3n) is 4.27. The lowest BCUT2D eigenvalue weighted by atomic mass is 10.1. The summed E-state index contributed by atoms with van der Waals surface area (Å²) in [6.45, 7) is 5.14. The summed E-state index contributed by atoms with van der Waals surface area (Å²) in [7, 11) is 0. The smallest absolute Gasteiger partial charge is 0.272 e. The predicted octanol–water partition coefficient (Wildman–Crippen LogP) is 1.28. The Morgan fingerprint density at radius 1 is 1.17 bits per heavy atom. The maximum Gasteiger partial charge on any atom is 0.272 e. The molecule has 1 aliphatic rings. The topological polar surface area (TPSA) is 69.6 Å². The minimum atomic E-state index is -0.502. The summed E-state index contributed by atoms with van der Waals surface area (Å²) in [4.78, 5) is 24.7. The monoisotopic (exact) mass is 326 g/mol. The average Bonchev–Trinajstić information content (AvgIpc) is 2.62. The van der Waals surface area contributed by atoms with Crippen LogP contribution in [0.2, 0.25) is 0 Å². The number of carbonyl (C=O) groups is 1. The number of hydrogen-bond acceptors (Lipinski definition) is 5. The molecule has 1 aromatic heterocycles. The lowest BCUT2D eigenvalue weighted by molar-refractivity contribution is 0.0522. The lowest BCUT2D eigenvalue weighted by Gasteiger charge is -2.35. The number of benzene rings is 1. The molecule has 2 heterocycles. The van der Waals surface area contributed by atoms with Crippen LogP contribution in [0.25, 0.3) is 0 Å². The van der Waals surface area contributed by atoms with Gasteiger partial charge in [-0.3, -0.25) is 9.69 Å². The molecule has 6 heteroatoms. The van der Waals surface area contributed by atoms with E-state index in [9.17, 15) is 9.90 Å². The van der Waals surface area contributed by atoms with E-state index in [0.29, 0.717) is 31.2 Å². The van der Waals surface area contributed by atoms with E-state index >= 15 is 0 Å². The highest BCUT2D eigenvalue weighted by molar-refractivity contribution is 5.92. The van der Waals surface area contributed by atoms with Crippen LogP contribution in [0.4, 0.5) is 0 Å². The van der Waals surface area contributed by atoms with Gasteiger partial charge in [0.05, 0.1) is 6.10 Å². The molecule has 0 bridgehead atoms. The number of aromatic nitrogens is 2. The van der Waals surface area contributed by atoms with E-state index in [2.05, 4.69) is 14.9 Å². The van der Waals surface area contributed by atoms with Gasteiger partial charge in [-0.05, 0) is 18.6 Å². The molecule has 6 nitrogen and oxygen atoms in total. The Morgan fingerprint density at radius 3 is 2.54 bits per heavy atom. The van der Waals surface area contributed by atoms with Gasteiger partial charge in [0, 0.05) is 38.9 Å². The van der Waals surface area contributed by atoms with Gasteiger partial charge in [-0.1, -0.05) is 30.3 Å². The quantitative estimate of drug-likeness (QED) is 0.916. The molecule has 3 rings (SSSR count). The van der Waals surface area contributed by atoms with Crippen molar-refractivity contribution in [2.45, 2.75) is 13.0 Å². The normalized spacial score (nSPS) is 16.8. The number of aliphatic hydroxyl groups excluding tert-OH is 1. The van der Waals surface area contributed by atoms with Crippen LogP contribution in [-0.4, -0.2) is 63.5 Å². The van der Waals surface area contributed by atoms with Gasteiger partial charge in [0.1, 0.15) is 11.5 Å². The SMILES string of the molecule is Cc1nccc(C(=O)N2CCN(CC(O)c3ccccc3)CC2)n1. The van der Waals surface area contributed by atoms with Gasteiger partial charge in [0.15, 0.2) is 0 Å². The Bertz CT molecular complexity index is 684. The second kappa shape index (κ2) is 7.51. The molecule has 1 aromatic carbocycles. The first-order valence-electron chi connectivity index (χ1n) is 8.18. The molecule has 1 saturated heterocycles. The Labute approximate surface area is 141 Å². The molecule has 2 aromatic rings. The fourth-order valence-corrected chi connectivity index (χ4v) is 2.90. The van der Waals surface area contributed by atoms with Crippen LogP contribution in [-0.2, 0) is 0 Å². The number of hydrogen-bond donors (Lipinski definition) is 1. The van der Waals surface area contributed by atoms with Crippen LogP contribution in [0.5, 0.6) is 0 Å². The Kier molecular flexibility index (Phi) is 5.17. The number of piperazine rings is 1. The van der Waals surface area contributed by atoms with E-state index in [1.165, 1.54) is 0 Å². The van der Waals surface area contributed by atoms with Crippen molar-refractivity contribution in [2.75, 3.05) is 32.7 Å². The molecular formula is C18H22N4O2. The summed E-state index contributed by atoms with van der Waals surface area (Å²) in [6.07, 6.45) is 1.11. The maximum atomic E-state index is 12.5. The molecule has 1 amide bonds. The number of amides is 1.